The molecule has 2 nitrogen and oxygen atoms in total. The minimum Gasteiger partial charge on any atom is -0.444 e. The summed E-state index contributed by atoms with van der Waals surface area (Å²) in [5.74, 6) is 1.92. The van der Waals surface area contributed by atoms with Crippen molar-refractivity contribution >= 4 is 15.9 Å². The molecule has 0 radical (unpaired) electrons. The third-order valence-corrected chi connectivity index (χ3v) is 3.78. The summed E-state index contributed by atoms with van der Waals surface area (Å²) in [6.45, 7) is 2.21. The molecule has 2 rings (SSSR count). The van der Waals surface area contributed by atoms with Crippen molar-refractivity contribution in [3.63, 3.8) is 0 Å². The van der Waals surface area contributed by atoms with Crippen LogP contribution in [-0.4, -0.2) is 4.98 Å². The van der Waals surface area contributed by atoms with Gasteiger partial charge in [-0.3, -0.25) is 0 Å². The number of halogens is 1. The number of unbranched alkanes of at least 4 members (excludes halogenated alkanes) is 2. The third kappa shape index (κ3) is 2.19. The smallest absolute Gasteiger partial charge is 0.211 e. The van der Waals surface area contributed by atoms with Crippen LogP contribution in [0.15, 0.2) is 10.6 Å². The third-order valence-electron chi connectivity index (χ3n) is 2.65. The first-order chi connectivity index (χ1) is 6.74. The zero-order valence-electron chi connectivity index (χ0n) is 8.55. The lowest BCUT2D eigenvalue weighted by Gasteiger charge is -1.98. The predicted molar refractivity (Wildman–Crippen MR) is 59.6 cm³/mol. The first-order valence-electron chi connectivity index (χ1n) is 5.39. The molecular formula is C11H16BrNO. The fourth-order valence-corrected chi connectivity index (χ4v) is 1.88. The maximum absolute atomic E-state index is 5.70. The van der Waals surface area contributed by atoms with Crippen LogP contribution in [0.4, 0.5) is 0 Å². The molecule has 0 aliphatic heterocycles. The van der Waals surface area contributed by atoms with E-state index in [1.807, 2.05) is 6.20 Å². The van der Waals surface area contributed by atoms with Gasteiger partial charge in [-0.05, 0) is 19.3 Å². The average Bonchev–Trinajstić information content (AvgIpc) is 2.76. The van der Waals surface area contributed by atoms with E-state index in [0.29, 0.717) is 0 Å². The molecule has 1 heterocycles. The Hall–Kier alpha value is -0.310. The number of aromatic nitrogens is 1. The highest BCUT2D eigenvalue weighted by molar-refractivity contribution is 9.09. The van der Waals surface area contributed by atoms with Gasteiger partial charge < -0.3 is 4.42 Å². The van der Waals surface area contributed by atoms with Crippen LogP contribution in [0.5, 0.6) is 0 Å². The lowest BCUT2D eigenvalue weighted by atomic mass is 10.2. The van der Waals surface area contributed by atoms with E-state index in [0.717, 1.165) is 30.9 Å². The molecule has 1 fully saturated rings. The van der Waals surface area contributed by atoms with Crippen LogP contribution >= 0.6 is 15.9 Å². The van der Waals surface area contributed by atoms with Crippen LogP contribution in [0, 0.1) is 0 Å². The summed E-state index contributed by atoms with van der Waals surface area (Å²) < 4.78 is 5.79. The molecule has 1 aliphatic rings. The SMILES string of the molecule is CCCCCc1cnc(C2(Br)CC2)o1. The highest BCUT2D eigenvalue weighted by atomic mass is 79.9. The van der Waals surface area contributed by atoms with Gasteiger partial charge >= 0.3 is 0 Å². The second-order valence-corrected chi connectivity index (χ2v) is 5.57. The van der Waals surface area contributed by atoms with Crippen molar-refractivity contribution in [3.8, 4) is 0 Å². The van der Waals surface area contributed by atoms with Crippen LogP contribution in [-0.2, 0) is 10.7 Å². The van der Waals surface area contributed by atoms with Crippen LogP contribution < -0.4 is 0 Å². The summed E-state index contributed by atoms with van der Waals surface area (Å²) in [6.07, 6.45) is 8.96. The molecule has 0 aromatic carbocycles. The van der Waals surface area contributed by atoms with E-state index in [4.69, 9.17) is 4.42 Å². The second-order valence-electron chi connectivity index (χ2n) is 4.05. The molecule has 1 aromatic heterocycles. The standard InChI is InChI=1S/C11H16BrNO/c1-2-3-4-5-9-8-13-10(14-9)11(12)6-7-11/h8H,2-7H2,1H3. The number of nitrogens with zero attached hydrogens (tertiary/aromatic N) is 1. The van der Waals surface area contributed by atoms with E-state index >= 15 is 0 Å². The summed E-state index contributed by atoms with van der Waals surface area (Å²) in [4.78, 5) is 4.32. The largest absolute Gasteiger partial charge is 0.444 e. The molecule has 1 aromatic rings. The molecule has 1 aliphatic carbocycles. The van der Waals surface area contributed by atoms with Gasteiger partial charge in [0.2, 0.25) is 5.89 Å². The predicted octanol–water partition coefficient (Wildman–Crippen LogP) is 3.79. The maximum atomic E-state index is 5.70. The van der Waals surface area contributed by atoms with Gasteiger partial charge in [-0.1, -0.05) is 35.7 Å². The molecule has 0 amide bonds. The molecule has 0 saturated heterocycles. The maximum Gasteiger partial charge on any atom is 0.211 e. The number of oxazole rings is 1. The normalized spacial score (nSPS) is 18.4. The Bertz CT molecular complexity index is 304. The van der Waals surface area contributed by atoms with E-state index in [1.165, 1.54) is 19.3 Å². The fraction of sp³-hybridized carbons (Fsp3) is 0.727. The quantitative estimate of drug-likeness (QED) is 0.593. The van der Waals surface area contributed by atoms with Gasteiger partial charge in [-0.25, -0.2) is 4.98 Å². The van der Waals surface area contributed by atoms with Crippen LogP contribution in [0.1, 0.15) is 50.7 Å². The molecule has 3 heteroatoms. The minimum absolute atomic E-state index is 0.0933. The van der Waals surface area contributed by atoms with Gasteiger partial charge in [0.05, 0.1) is 6.20 Å². The molecule has 0 spiro atoms. The minimum atomic E-state index is 0.0933. The zero-order valence-corrected chi connectivity index (χ0v) is 10.1. The molecule has 0 bridgehead atoms. The van der Waals surface area contributed by atoms with Gasteiger partial charge in [0, 0.05) is 6.42 Å². The molecular weight excluding hydrogens is 242 g/mol. The van der Waals surface area contributed by atoms with Crippen LogP contribution in [0.2, 0.25) is 0 Å². The number of hydrogen-bond acceptors (Lipinski definition) is 2. The Balaban J connectivity index is 1.90. The molecule has 14 heavy (non-hydrogen) atoms. The summed E-state index contributed by atoms with van der Waals surface area (Å²) in [5.41, 5.74) is 0. The Morgan fingerprint density at radius 2 is 2.29 bits per heavy atom. The summed E-state index contributed by atoms with van der Waals surface area (Å²) in [5, 5.41) is 0. The first kappa shape index (κ1) is 10.2. The van der Waals surface area contributed by atoms with Crippen molar-refractivity contribution in [1.29, 1.82) is 0 Å². The second kappa shape index (κ2) is 4.05. The molecule has 78 valence electrons. The Morgan fingerprint density at radius 3 is 2.93 bits per heavy atom. The van der Waals surface area contributed by atoms with Gasteiger partial charge in [0.15, 0.2) is 0 Å². The number of alkyl halides is 1. The Morgan fingerprint density at radius 1 is 1.50 bits per heavy atom. The van der Waals surface area contributed by atoms with E-state index < -0.39 is 0 Å². The lowest BCUT2D eigenvalue weighted by Crippen LogP contribution is -1.93. The van der Waals surface area contributed by atoms with Crippen LogP contribution in [0.3, 0.4) is 0 Å². The van der Waals surface area contributed by atoms with Gasteiger partial charge in [-0.15, -0.1) is 0 Å². The number of aryl methyl sites for hydroxylation is 1. The Labute approximate surface area is 93.2 Å². The molecule has 0 atom stereocenters. The van der Waals surface area contributed by atoms with Crippen LogP contribution in [0.25, 0.3) is 0 Å². The van der Waals surface area contributed by atoms with E-state index in [1.54, 1.807) is 0 Å². The van der Waals surface area contributed by atoms with Gasteiger partial charge in [-0.2, -0.15) is 0 Å². The van der Waals surface area contributed by atoms with E-state index in [2.05, 4.69) is 27.8 Å². The van der Waals surface area contributed by atoms with Crippen molar-refractivity contribution in [1.82, 2.24) is 4.98 Å². The molecule has 1 saturated carbocycles. The van der Waals surface area contributed by atoms with Gasteiger partial charge in [0.1, 0.15) is 10.1 Å². The average molecular weight is 258 g/mol. The van der Waals surface area contributed by atoms with Gasteiger partial charge in [0.25, 0.3) is 0 Å². The zero-order chi connectivity index (χ0) is 10.0. The molecule has 0 unspecified atom stereocenters. The molecule has 0 N–H and O–H groups in total. The number of hydrogen-bond donors (Lipinski definition) is 0. The monoisotopic (exact) mass is 257 g/mol. The topological polar surface area (TPSA) is 26.0 Å². The van der Waals surface area contributed by atoms with Crippen molar-refractivity contribution in [3.05, 3.63) is 17.8 Å². The number of rotatable bonds is 5. The first-order valence-corrected chi connectivity index (χ1v) is 6.18. The highest BCUT2D eigenvalue weighted by Crippen LogP contribution is 2.53. The van der Waals surface area contributed by atoms with E-state index in [9.17, 15) is 0 Å². The Kier molecular flexibility index (Phi) is 2.96. The summed E-state index contributed by atoms with van der Waals surface area (Å²) in [7, 11) is 0. The van der Waals surface area contributed by atoms with Crippen molar-refractivity contribution in [2.75, 3.05) is 0 Å². The summed E-state index contributed by atoms with van der Waals surface area (Å²) in [6, 6.07) is 0. The van der Waals surface area contributed by atoms with Crippen molar-refractivity contribution in [2.24, 2.45) is 0 Å². The fourth-order valence-electron chi connectivity index (χ4n) is 1.50. The van der Waals surface area contributed by atoms with Crippen molar-refractivity contribution in [2.45, 2.75) is 49.8 Å². The summed E-state index contributed by atoms with van der Waals surface area (Å²) >= 11 is 3.64. The highest BCUT2D eigenvalue weighted by Gasteiger charge is 2.46. The van der Waals surface area contributed by atoms with Crippen molar-refractivity contribution < 1.29 is 4.42 Å². The lowest BCUT2D eigenvalue weighted by molar-refractivity contribution is 0.443. The van der Waals surface area contributed by atoms with E-state index in [-0.39, 0.29) is 4.32 Å².